The van der Waals surface area contributed by atoms with Crippen molar-refractivity contribution in [1.82, 2.24) is 5.32 Å². The van der Waals surface area contributed by atoms with Crippen LogP contribution in [0.15, 0.2) is 24.3 Å². The van der Waals surface area contributed by atoms with E-state index in [0.29, 0.717) is 19.3 Å². The lowest BCUT2D eigenvalue weighted by molar-refractivity contribution is -0.148. The summed E-state index contributed by atoms with van der Waals surface area (Å²) in [5.41, 5.74) is -1.44. The molecule has 0 unspecified atom stereocenters. The molecule has 3 rings (SSSR count). The van der Waals surface area contributed by atoms with Gasteiger partial charge in [-0.15, -0.1) is 0 Å². The Hall–Kier alpha value is -1.91. The van der Waals surface area contributed by atoms with E-state index < -0.39 is 16.9 Å². The van der Waals surface area contributed by atoms with Crippen LogP contribution in [0.3, 0.4) is 0 Å². The van der Waals surface area contributed by atoms with Crippen LogP contribution >= 0.6 is 0 Å². The van der Waals surface area contributed by atoms with Gasteiger partial charge >= 0.3 is 5.97 Å². The first-order chi connectivity index (χ1) is 10.7. The molecule has 0 aromatic heterocycles. The molecule has 0 radical (unpaired) electrons. The minimum absolute atomic E-state index is 0.251. The highest BCUT2D eigenvalue weighted by molar-refractivity contribution is 5.97. The quantitative estimate of drug-likeness (QED) is 0.896. The standard InChI is InChI=1S/C18H22FNO3/c1-16(2)11-18(16,12-5-7-13(19)8-6-12)14(21)20-17(15(22)23)9-3-4-10-17/h5-8H,3-4,9-11H2,1-2H3,(H,20,21)(H,22,23)/t18-/m1/s1. The molecule has 0 heterocycles. The van der Waals surface area contributed by atoms with Gasteiger partial charge in [-0.2, -0.15) is 0 Å². The van der Waals surface area contributed by atoms with Crippen molar-refractivity contribution in [2.24, 2.45) is 5.41 Å². The smallest absolute Gasteiger partial charge is 0.329 e. The van der Waals surface area contributed by atoms with Crippen LogP contribution in [0.1, 0.15) is 51.5 Å². The second-order valence-electron chi connectivity index (χ2n) is 7.52. The monoisotopic (exact) mass is 319 g/mol. The fourth-order valence-corrected chi connectivity index (χ4v) is 4.06. The molecular weight excluding hydrogens is 297 g/mol. The highest BCUT2D eigenvalue weighted by atomic mass is 19.1. The van der Waals surface area contributed by atoms with Crippen molar-refractivity contribution in [3.05, 3.63) is 35.6 Å². The maximum absolute atomic E-state index is 13.2. The molecule has 4 nitrogen and oxygen atoms in total. The third-order valence-corrected chi connectivity index (χ3v) is 5.68. The topological polar surface area (TPSA) is 66.4 Å². The Kier molecular flexibility index (Phi) is 3.50. The first kappa shape index (κ1) is 16.0. The zero-order valence-corrected chi connectivity index (χ0v) is 13.5. The Balaban J connectivity index is 1.92. The van der Waals surface area contributed by atoms with Crippen molar-refractivity contribution in [3.63, 3.8) is 0 Å². The largest absolute Gasteiger partial charge is 0.480 e. The lowest BCUT2D eigenvalue weighted by atomic mass is 9.85. The van der Waals surface area contributed by atoms with Crippen molar-refractivity contribution < 1.29 is 19.1 Å². The van der Waals surface area contributed by atoms with Gasteiger partial charge in [-0.1, -0.05) is 38.8 Å². The molecule has 1 aromatic rings. The molecule has 1 aromatic carbocycles. The summed E-state index contributed by atoms with van der Waals surface area (Å²) in [4.78, 5) is 24.7. The van der Waals surface area contributed by atoms with Gasteiger partial charge in [0.15, 0.2) is 0 Å². The number of carboxylic acids is 1. The Morgan fingerprint density at radius 2 is 1.65 bits per heavy atom. The van der Waals surface area contributed by atoms with Gasteiger partial charge in [-0.25, -0.2) is 9.18 Å². The highest BCUT2D eigenvalue weighted by Crippen LogP contribution is 2.64. The zero-order valence-electron chi connectivity index (χ0n) is 13.5. The number of carbonyl (C=O) groups is 2. The van der Waals surface area contributed by atoms with E-state index in [0.717, 1.165) is 18.4 Å². The van der Waals surface area contributed by atoms with Crippen LogP contribution in [0, 0.1) is 11.2 Å². The number of hydrogen-bond donors (Lipinski definition) is 2. The molecule has 1 amide bonds. The Labute approximate surface area is 135 Å². The predicted molar refractivity (Wildman–Crippen MR) is 83.5 cm³/mol. The van der Waals surface area contributed by atoms with Crippen LogP contribution in [-0.4, -0.2) is 22.5 Å². The summed E-state index contributed by atoms with van der Waals surface area (Å²) in [5, 5.41) is 12.4. The van der Waals surface area contributed by atoms with Crippen molar-refractivity contribution in [1.29, 1.82) is 0 Å². The number of carbonyl (C=O) groups excluding carboxylic acids is 1. The van der Waals surface area contributed by atoms with E-state index in [-0.39, 0.29) is 17.1 Å². The van der Waals surface area contributed by atoms with Crippen LogP contribution < -0.4 is 5.32 Å². The van der Waals surface area contributed by atoms with Crippen LogP contribution in [0.4, 0.5) is 4.39 Å². The van der Waals surface area contributed by atoms with Gasteiger partial charge in [-0.3, -0.25) is 4.79 Å². The molecule has 2 fully saturated rings. The molecule has 124 valence electrons. The number of nitrogens with one attached hydrogen (secondary N) is 1. The van der Waals surface area contributed by atoms with Crippen LogP contribution in [0.5, 0.6) is 0 Å². The molecule has 5 heteroatoms. The van der Waals surface area contributed by atoms with E-state index in [4.69, 9.17) is 0 Å². The Morgan fingerprint density at radius 1 is 1.13 bits per heavy atom. The summed E-state index contributed by atoms with van der Waals surface area (Å²) >= 11 is 0. The normalized spacial score (nSPS) is 27.4. The molecule has 2 aliphatic carbocycles. The SMILES string of the molecule is CC1(C)C[C@]1(C(=O)NC1(C(=O)O)CCCC1)c1ccc(F)cc1. The zero-order chi connectivity index (χ0) is 16.9. The van der Waals surface area contributed by atoms with Crippen molar-refractivity contribution in [3.8, 4) is 0 Å². The first-order valence-corrected chi connectivity index (χ1v) is 8.06. The average Bonchev–Trinajstić information content (AvgIpc) is 2.84. The second-order valence-corrected chi connectivity index (χ2v) is 7.52. The van der Waals surface area contributed by atoms with E-state index >= 15 is 0 Å². The minimum Gasteiger partial charge on any atom is -0.480 e. The number of benzene rings is 1. The molecule has 2 saturated carbocycles. The maximum Gasteiger partial charge on any atom is 0.329 e. The van der Waals surface area contributed by atoms with Gasteiger partial charge < -0.3 is 10.4 Å². The van der Waals surface area contributed by atoms with E-state index in [2.05, 4.69) is 5.32 Å². The molecule has 2 N–H and O–H groups in total. The number of halogens is 1. The van der Waals surface area contributed by atoms with E-state index in [1.807, 2.05) is 13.8 Å². The van der Waals surface area contributed by atoms with Gasteiger partial charge in [0.2, 0.25) is 5.91 Å². The summed E-state index contributed by atoms with van der Waals surface area (Å²) in [6.45, 7) is 3.97. The van der Waals surface area contributed by atoms with E-state index in [1.165, 1.54) is 12.1 Å². The Morgan fingerprint density at radius 3 is 2.09 bits per heavy atom. The minimum atomic E-state index is -1.15. The number of rotatable bonds is 4. The fraction of sp³-hybridized carbons (Fsp3) is 0.556. The van der Waals surface area contributed by atoms with Crippen molar-refractivity contribution in [2.75, 3.05) is 0 Å². The van der Waals surface area contributed by atoms with Crippen LogP contribution in [0.25, 0.3) is 0 Å². The van der Waals surface area contributed by atoms with Crippen LogP contribution in [0.2, 0.25) is 0 Å². The summed E-state index contributed by atoms with van der Waals surface area (Å²) in [7, 11) is 0. The van der Waals surface area contributed by atoms with Gasteiger partial charge in [0.1, 0.15) is 11.4 Å². The van der Waals surface area contributed by atoms with Gasteiger partial charge in [0, 0.05) is 0 Å². The molecular formula is C18H22FNO3. The lowest BCUT2D eigenvalue weighted by Gasteiger charge is -2.30. The third-order valence-electron chi connectivity index (χ3n) is 5.68. The van der Waals surface area contributed by atoms with E-state index in [9.17, 15) is 19.1 Å². The molecule has 0 saturated heterocycles. The molecule has 23 heavy (non-hydrogen) atoms. The molecule has 0 spiro atoms. The summed E-state index contributed by atoms with van der Waals surface area (Å²) < 4.78 is 13.2. The average molecular weight is 319 g/mol. The number of hydrogen-bond acceptors (Lipinski definition) is 2. The summed E-state index contributed by atoms with van der Waals surface area (Å²) in [6.07, 6.45) is 3.17. The maximum atomic E-state index is 13.2. The number of aliphatic carboxylic acids is 1. The summed E-state index contributed by atoms with van der Waals surface area (Å²) in [5.74, 6) is -1.56. The molecule has 0 aliphatic heterocycles. The molecule has 1 atom stereocenters. The van der Waals surface area contributed by atoms with Gasteiger partial charge in [0.05, 0.1) is 5.41 Å². The van der Waals surface area contributed by atoms with Crippen molar-refractivity contribution in [2.45, 2.75) is 56.9 Å². The van der Waals surface area contributed by atoms with Crippen molar-refractivity contribution >= 4 is 11.9 Å². The predicted octanol–water partition coefficient (Wildman–Crippen LogP) is 3.01. The van der Waals surface area contributed by atoms with E-state index in [1.54, 1.807) is 12.1 Å². The molecule has 2 aliphatic rings. The highest BCUT2D eigenvalue weighted by Gasteiger charge is 2.68. The van der Waals surface area contributed by atoms with Gasteiger partial charge in [-0.05, 0) is 42.4 Å². The lowest BCUT2D eigenvalue weighted by Crippen LogP contribution is -2.56. The number of carboxylic acid groups (broad SMARTS) is 1. The second kappa shape index (κ2) is 5.05. The first-order valence-electron chi connectivity index (χ1n) is 8.06. The van der Waals surface area contributed by atoms with Crippen LogP contribution in [-0.2, 0) is 15.0 Å². The summed E-state index contributed by atoms with van der Waals surface area (Å²) in [6, 6.07) is 5.96. The van der Waals surface area contributed by atoms with Gasteiger partial charge in [0.25, 0.3) is 0 Å². The molecule has 0 bridgehead atoms. The fourth-order valence-electron chi connectivity index (χ4n) is 4.06. The number of amides is 1. The third kappa shape index (κ3) is 2.33. The Bertz CT molecular complexity index is 647.